The lowest BCUT2D eigenvalue weighted by molar-refractivity contribution is -0.142. The van der Waals surface area contributed by atoms with E-state index in [9.17, 15) is 13.2 Å². The molecule has 0 aliphatic carbocycles. The van der Waals surface area contributed by atoms with Crippen LogP contribution < -0.4 is 9.46 Å². The summed E-state index contributed by atoms with van der Waals surface area (Å²) in [4.78, 5) is 11.0. The average molecular weight is 301 g/mol. The number of hydrogen-bond donors (Lipinski definition) is 1. The van der Waals surface area contributed by atoms with Crippen molar-refractivity contribution in [1.82, 2.24) is 0 Å². The smallest absolute Gasteiger partial charge is 0.343 e. The van der Waals surface area contributed by atoms with Crippen molar-refractivity contribution in [3.05, 3.63) is 24.3 Å². The number of carbonyl (C=O) groups is 1. The molecular formula is C13H19NO5S. The minimum atomic E-state index is -3.50. The van der Waals surface area contributed by atoms with Gasteiger partial charge >= 0.3 is 5.97 Å². The molecule has 0 aromatic heterocycles. The van der Waals surface area contributed by atoms with Crippen molar-refractivity contribution in [1.29, 1.82) is 0 Å². The fourth-order valence-corrected chi connectivity index (χ4v) is 1.90. The summed E-state index contributed by atoms with van der Waals surface area (Å²) >= 11 is 0. The summed E-state index contributed by atoms with van der Waals surface area (Å²) in [6.45, 7) is 4.58. The van der Waals surface area contributed by atoms with Gasteiger partial charge in [-0.3, -0.25) is 4.72 Å². The number of carbonyl (C=O) groups excluding carboxylic acids is 1. The van der Waals surface area contributed by atoms with Crippen molar-refractivity contribution in [2.24, 2.45) is 0 Å². The number of methoxy groups -OCH3 is 1. The second-order valence-electron chi connectivity index (χ2n) is 5.11. The van der Waals surface area contributed by atoms with E-state index in [2.05, 4.69) is 9.46 Å². The second-order valence-corrected chi connectivity index (χ2v) is 7.55. The molecule has 0 bridgehead atoms. The van der Waals surface area contributed by atoms with Crippen molar-refractivity contribution in [3.8, 4) is 5.75 Å². The molecule has 1 rings (SSSR count). The van der Waals surface area contributed by atoms with Crippen LogP contribution in [0.15, 0.2) is 24.3 Å². The number of sulfonamides is 1. The van der Waals surface area contributed by atoms with Gasteiger partial charge in [-0.1, -0.05) is 6.07 Å². The van der Waals surface area contributed by atoms with Gasteiger partial charge in [-0.2, -0.15) is 0 Å². The summed E-state index contributed by atoms with van der Waals surface area (Å²) in [6, 6.07) is 6.37. The molecule has 1 N–H and O–H groups in total. The summed E-state index contributed by atoms with van der Waals surface area (Å²) in [7, 11) is -2.24. The van der Waals surface area contributed by atoms with Gasteiger partial charge in [0.1, 0.15) is 5.75 Å². The third kappa shape index (κ3) is 4.41. The Balaban J connectivity index is 2.82. The summed E-state index contributed by atoms with van der Waals surface area (Å²) < 4.78 is 35.2. The molecule has 0 saturated heterocycles. The van der Waals surface area contributed by atoms with E-state index in [1.807, 2.05) is 0 Å². The van der Waals surface area contributed by atoms with Crippen molar-refractivity contribution in [3.63, 3.8) is 0 Å². The Hall–Kier alpha value is -1.76. The summed E-state index contributed by atoms with van der Waals surface area (Å²) in [5.41, 5.74) is 0.377. The van der Waals surface area contributed by atoms with E-state index in [4.69, 9.17) is 4.74 Å². The number of nitrogens with one attached hydrogen (secondary N) is 1. The lowest BCUT2D eigenvalue weighted by Crippen LogP contribution is -2.33. The van der Waals surface area contributed by atoms with Crippen molar-refractivity contribution >= 4 is 21.7 Å². The van der Waals surface area contributed by atoms with Gasteiger partial charge < -0.3 is 9.47 Å². The zero-order valence-electron chi connectivity index (χ0n) is 12.0. The third-order valence-electron chi connectivity index (χ3n) is 2.48. The van der Waals surface area contributed by atoms with Gasteiger partial charge in [0.25, 0.3) is 0 Å². The maximum absolute atomic E-state index is 12.0. The molecule has 20 heavy (non-hydrogen) atoms. The monoisotopic (exact) mass is 301 g/mol. The lowest BCUT2D eigenvalue weighted by atomic mass is 10.3. The fraction of sp³-hybridized carbons (Fsp3) is 0.462. The molecule has 0 aliphatic rings. The highest BCUT2D eigenvalue weighted by Crippen LogP contribution is 2.22. The topological polar surface area (TPSA) is 81.7 Å². The van der Waals surface area contributed by atoms with Crippen LogP contribution in [-0.2, 0) is 19.6 Å². The quantitative estimate of drug-likeness (QED) is 0.838. The molecule has 0 radical (unpaired) electrons. The van der Waals surface area contributed by atoms with Crippen molar-refractivity contribution < 1.29 is 22.7 Å². The van der Waals surface area contributed by atoms with Crippen LogP contribution in [0, 0.1) is 0 Å². The molecule has 1 aromatic rings. The second kappa shape index (κ2) is 6.13. The molecule has 0 aliphatic heterocycles. The summed E-state index contributed by atoms with van der Waals surface area (Å²) in [5.74, 6) is -0.129. The van der Waals surface area contributed by atoms with Gasteiger partial charge in [-0.25, -0.2) is 13.2 Å². The van der Waals surface area contributed by atoms with Crippen LogP contribution in [-0.4, -0.2) is 32.9 Å². The largest absolute Gasteiger partial charge is 0.482 e. The number of ether oxygens (including phenoxy) is 2. The molecule has 1 aromatic carbocycles. The van der Waals surface area contributed by atoms with E-state index in [0.717, 1.165) is 0 Å². The molecule has 0 spiro atoms. The van der Waals surface area contributed by atoms with Crippen LogP contribution >= 0.6 is 0 Å². The number of rotatable bonds is 5. The number of esters is 1. The van der Waals surface area contributed by atoms with Crippen LogP contribution in [0.25, 0.3) is 0 Å². The Kier molecular flexibility index (Phi) is 4.99. The SMILES string of the molecule is COC(=O)COc1cccc(NS(=O)(=O)C(C)(C)C)c1. The van der Waals surface area contributed by atoms with E-state index in [1.54, 1.807) is 39.0 Å². The average Bonchev–Trinajstić information content (AvgIpc) is 2.34. The number of anilines is 1. The van der Waals surface area contributed by atoms with E-state index >= 15 is 0 Å². The number of benzene rings is 1. The van der Waals surface area contributed by atoms with E-state index < -0.39 is 20.7 Å². The maximum Gasteiger partial charge on any atom is 0.343 e. The van der Waals surface area contributed by atoms with Crippen molar-refractivity contribution in [2.45, 2.75) is 25.5 Å². The van der Waals surface area contributed by atoms with Crippen LogP contribution in [0.4, 0.5) is 5.69 Å². The van der Waals surface area contributed by atoms with Crippen LogP contribution in [0.1, 0.15) is 20.8 Å². The van der Waals surface area contributed by atoms with Gasteiger partial charge in [0.2, 0.25) is 10.0 Å². The third-order valence-corrected chi connectivity index (χ3v) is 4.59. The Morgan fingerprint density at radius 1 is 1.30 bits per heavy atom. The molecule has 0 heterocycles. The predicted octanol–water partition coefficient (Wildman–Crippen LogP) is 1.78. The molecule has 7 heteroatoms. The van der Waals surface area contributed by atoms with E-state index in [0.29, 0.717) is 11.4 Å². The van der Waals surface area contributed by atoms with E-state index in [1.165, 1.54) is 13.2 Å². The Bertz CT molecular complexity index is 575. The molecule has 0 unspecified atom stereocenters. The van der Waals surface area contributed by atoms with Gasteiger partial charge in [-0.15, -0.1) is 0 Å². The van der Waals surface area contributed by atoms with Gasteiger partial charge in [0.15, 0.2) is 6.61 Å². The standard InChI is InChI=1S/C13H19NO5S/c1-13(2,3)20(16,17)14-10-6-5-7-11(8-10)19-9-12(15)18-4/h5-8,14H,9H2,1-4H3. The van der Waals surface area contributed by atoms with Gasteiger partial charge in [0.05, 0.1) is 17.5 Å². The first-order chi connectivity index (χ1) is 9.15. The molecule has 6 nitrogen and oxygen atoms in total. The first kappa shape index (κ1) is 16.3. The highest BCUT2D eigenvalue weighted by molar-refractivity contribution is 7.94. The zero-order valence-corrected chi connectivity index (χ0v) is 12.8. The lowest BCUT2D eigenvalue weighted by Gasteiger charge is -2.20. The highest BCUT2D eigenvalue weighted by atomic mass is 32.2. The molecular weight excluding hydrogens is 282 g/mol. The zero-order chi connectivity index (χ0) is 15.4. The van der Waals surface area contributed by atoms with Crippen LogP contribution in [0.2, 0.25) is 0 Å². The first-order valence-corrected chi connectivity index (χ1v) is 7.46. The fourth-order valence-electron chi connectivity index (χ4n) is 1.16. The minimum Gasteiger partial charge on any atom is -0.482 e. The van der Waals surface area contributed by atoms with Crippen LogP contribution in [0.3, 0.4) is 0 Å². The summed E-state index contributed by atoms with van der Waals surface area (Å²) in [6.07, 6.45) is 0. The predicted molar refractivity (Wildman–Crippen MR) is 76.2 cm³/mol. The maximum atomic E-state index is 12.0. The van der Waals surface area contributed by atoms with Crippen LogP contribution in [0.5, 0.6) is 5.75 Å². The van der Waals surface area contributed by atoms with Gasteiger partial charge in [0, 0.05) is 6.07 Å². The van der Waals surface area contributed by atoms with E-state index in [-0.39, 0.29) is 6.61 Å². The number of hydrogen-bond acceptors (Lipinski definition) is 5. The minimum absolute atomic E-state index is 0.230. The Morgan fingerprint density at radius 3 is 2.50 bits per heavy atom. The van der Waals surface area contributed by atoms with Gasteiger partial charge in [-0.05, 0) is 32.9 Å². The molecule has 112 valence electrons. The first-order valence-electron chi connectivity index (χ1n) is 5.98. The highest BCUT2D eigenvalue weighted by Gasteiger charge is 2.28. The molecule has 0 atom stereocenters. The Morgan fingerprint density at radius 2 is 1.95 bits per heavy atom. The molecule has 0 saturated carbocycles. The molecule has 0 amide bonds. The molecule has 0 fully saturated rings. The Labute approximate surface area is 119 Å². The van der Waals surface area contributed by atoms with Crippen molar-refractivity contribution in [2.75, 3.05) is 18.4 Å². The normalized spacial score (nSPS) is 11.8. The summed E-state index contributed by atoms with van der Waals surface area (Å²) in [5, 5.41) is 0.